The molecule has 1 N–H and O–H groups in total. The van der Waals surface area contributed by atoms with Crippen molar-refractivity contribution in [1.82, 2.24) is 5.43 Å². The van der Waals surface area contributed by atoms with Gasteiger partial charge in [-0.15, -0.1) is 0 Å². The summed E-state index contributed by atoms with van der Waals surface area (Å²) in [6.45, 7) is 2.35. The topological polar surface area (TPSA) is 103 Å². The molecule has 1 amide bonds. The fourth-order valence-electron chi connectivity index (χ4n) is 2.27. The van der Waals surface area contributed by atoms with Crippen molar-refractivity contribution in [2.24, 2.45) is 5.10 Å². The van der Waals surface area contributed by atoms with Gasteiger partial charge in [0, 0.05) is 11.6 Å². The first-order valence-corrected chi connectivity index (χ1v) is 7.90. The number of carbonyl (C=O) groups excluding carboxylic acids is 1. The molecule has 26 heavy (non-hydrogen) atoms. The van der Waals surface area contributed by atoms with Gasteiger partial charge in [-0.2, -0.15) is 5.10 Å². The molecule has 0 spiro atoms. The summed E-state index contributed by atoms with van der Waals surface area (Å²) >= 11 is 0. The molecule has 8 nitrogen and oxygen atoms in total. The summed E-state index contributed by atoms with van der Waals surface area (Å²) in [4.78, 5) is 22.4. The quantitative estimate of drug-likeness (QED) is 0.444. The van der Waals surface area contributed by atoms with Crippen molar-refractivity contribution in [3.63, 3.8) is 0 Å². The van der Waals surface area contributed by atoms with Gasteiger partial charge in [-0.1, -0.05) is 18.2 Å². The second-order valence-corrected chi connectivity index (χ2v) is 5.20. The SMILES string of the molecule is CCOc1cc(C=NNC(=O)Cc2ccccc2[N+](=O)[O-])ccc1OC. The number of methoxy groups -OCH3 is 1. The molecule has 136 valence electrons. The second kappa shape index (κ2) is 9.16. The number of amides is 1. The highest BCUT2D eigenvalue weighted by Gasteiger charge is 2.15. The molecule has 2 aromatic rings. The number of ether oxygens (including phenoxy) is 2. The van der Waals surface area contributed by atoms with Gasteiger partial charge >= 0.3 is 0 Å². The third kappa shape index (κ3) is 5.04. The van der Waals surface area contributed by atoms with Gasteiger partial charge in [-0.25, -0.2) is 5.43 Å². The molecule has 0 atom stereocenters. The van der Waals surface area contributed by atoms with Crippen LogP contribution in [0.4, 0.5) is 5.69 Å². The number of hydrogen-bond donors (Lipinski definition) is 1. The van der Waals surface area contributed by atoms with Gasteiger partial charge in [0.2, 0.25) is 5.91 Å². The van der Waals surface area contributed by atoms with Crippen molar-refractivity contribution >= 4 is 17.8 Å². The zero-order chi connectivity index (χ0) is 18.9. The smallest absolute Gasteiger partial charge is 0.273 e. The number of nitrogens with one attached hydrogen (secondary N) is 1. The molecule has 0 radical (unpaired) electrons. The Morgan fingerprint density at radius 1 is 1.27 bits per heavy atom. The van der Waals surface area contributed by atoms with Gasteiger partial charge in [0.05, 0.1) is 31.3 Å². The molecular formula is C18H19N3O5. The third-order valence-electron chi connectivity index (χ3n) is 3.43. The zero-order valence-electron chi connectivity index (χ0n) is 14.5. The first-order valence-electron chi connectivity index (χ1n) is 7.90. The fraction of sp³-hybridized carbons (Fsp3) is 0.222. The van der Waals surface area contributed by atoms with Crippen LogP contribution >= 0.6 is 0 Å². The van der Waals surface area contributed by atoms with Crippen LogP contribution < -0.4 is 14.9 Å². The van der Waals surface area contributed by atoms with Crippen molar-refractivity contribution in [1.29, 1.82) is 0 Å². The van der Waals surface area contributed by atoms with Gasteiger partial charge < -0.3 is 9.47 Å². The Hall–Kier alpha value is -3.42. The van der Waals surface area contributed by atoms with Gasteiger partial charge in [0.15, 0.2) is 11.5 Å². The average Bonchev–Trinajstić information content (AvgIpc) is 2.62. The highest BCUT2D eigenvalue weighted by Crippen LogP contribution is 2.27. The molecule has 0 bridgehead atoms. The van der Waals surface area contributed by atoms with Crippen molar-refractivity contribution < 1.29 is 19.2 Å². The summed E-state index contributed by atoms with van der Waals surface area (Å²) in [5, 5.41) is 14.8. The lowest BCUT2D eigenvalue weighted by Crippen LogP contribution is -2.20. The lowest BCUT2D eigenvalue weighted by molar-refractivity contribution is -0.385. The second-order valence-electron chi connectivity index (χ2n) is 5.20. The van der Waals surface area contributed by atoms with Crippen molar-refractivity contribution in [2.45, 2.75) is 13.3 Å². The molecule has 0 saturated heterocycles. The van der Waals surface area contributed by atoms with Gasteiger partial charge in [-0.05, 0) is 30.7 Å². The molecule has 0 aliphatic rings. The Kier molecular flexibility index (Phi) is 6.67. The van der Waals surface area contributed by atoms with Gasteiger partial charge in [0.25, 0.3) is 5.69 Å². The van der Waals surface area contributed by atoms with E-state index in [1.54, 1.807) is 43.5 Å². The van der Waals surface area contributed by atoms with E-state index in [-0.39, 0.29) is 12.1 Å². The highest BCUT2D eigenvalue weighted by atomic mass is 16.6. The monoisotopic (exact) mass is 357 g/mol. The lowest BCUT2D eigenvalue weighted by Gasteiger charge is -2.09. The molecule has 8 heteroatoms. The summed E-state index contributed by atoms with van der Waals surface area (Å²) in [6.07, 6.45) is 1.32. The van der Waals surface area contributed by atoms with Crippen LogP contribution in [0.5, 0.6) is 11.5 Å². The van der Waals surface area contributed by atoms with E-state index in [1.807, 2.05) is 6.92 Å². The Balaban J connectivity index is 2.01. The molecular weight excluding hydrogens is 338 g/mol. The van der Waals surface area contributed by atoms with E-state index in [1.165, 1.54) is 12.3 Å². The van der Waals surface area contributed by atoms with Crippen molar-refractivity contribution in [2.75, 3.05) is 13.7 Å². The molecule has 0 heterocycles. The minimum atomic E-state index is -0.515. The highest BCUT2D eigenvalue weighted by molar-refractivity contribution is 5.84. The van der Waals surface area contributed by atoms with Crippen molar-refractivity contribution in [3.05, 3.63) is 63.7 Å². The molecule has 2 aromatic carbocycles. The molecule has 0 fully saturated rings. The third-order valence-corrected chi connectivity index (χ3v) is 3.43. The van der Waals surface area contributed by atoms with Crippen LogP contribution in [0.2, 0.25) is 0 Å². The van der Waals surface area contributed by atoms with E-state index in [0.29, 0.717) is 29.2 Å². The van der Waals surface area contributed by atoms with Crippen LogP contribution in [0.15, 0.2) is 47.6 Å². The van der Waals surface area contributed by atoms with Crippen LogP contribution in [0.25, 0.3) is 0 Å². The normalized spacial score (nSPS) is 10.5. The molecule has 2 rings (SSSR count). The number of benzene rings is 2. The van der Waals surface area contributed by atoms with Crippen LogP contribution in [-0.2, 0) is 11.2 Å². The number of rotatable bonds is 8. The van der Waals surface area contributed by atoms with Crippen LogP contribution in [-0.4, -0.2) is 30.8 Å². The fourth-order valence-corrected chi connectivity index (χ4v) is 2.27. The minimum Gasteiger partial charge on any atom is -0.493 e. The summed E-state index contributed by atoms with van der Waals surface area (Å²) in [5.74, 6) is 0.726. The maximum Gasteiger partial charge on any atom is 0.273 e. The first kappa shape index (κ1) is 18.9. The maximum atomic E-state index is 12.0. The lowest BCUT2D eigenvalue weighted by atomic mass is 10.1. The summed E-state index contributed by atoms with van der Waals surface area (Å²) < 4.78 is 10.7. The Labute approximate surface area is 150 Å². The number of nitrogens with zero attached hydrogens (tertiary/aromatic N) is 2. The number of carbonyl (C=O) groups is 1. The molecule has 0 aliphatic heterocycles. The molecule has 0 aliphatic carbocycles. The summed E-state index contributed by atoms with van der Waals surface area (Å²) in [5.41, 5.74) is 3.30. The maximum absolute atomic E-state index is 12.0. The van der Waals surface area contributed by atoms with E-state index in [0.717, 1.165) is 0 Å². The Bertz CT molecular complexity index is 820. The van der Waals surface area contributed by atoms with E-state index in [2.05, 4.69) is 10.5 Å². The minimum absolute atomic E-state index is 0.0943. The molecule has 0 aromatic heterocycles. The zero-order valence-corrected chi connectivity index (χ0v) is 14.5. The van der Waals surface area contributed by atoms with Gasteiger partial charge in [-0.3, -0.25) is 14.9 Å². The predicted octanol–water partition coefficient (Wildman–Crippen LogP) is 2.69. The van der Waals surface area contributed by atoms with Crippen molar-refractivity contribution in [3.8, 4) is 11.5 Å². The standard InChI is InChI=1S/C18H19N3O5/c1-3-26-17-10-13(8-9-16(17)25-2)12-19-20-18(22)11-14-6-4-5-7-15(14)21(23)24/h4-10,12H,3,11H2,1-2H3,(H,20,22). The van der Waals surface area contributed by atoms with E-state index in [9.17, 15) is 14.9 Å². The number of nitro benzene ring substituents is 1. The van der Waals surface area contributed by atoms with Crippen LogP contribution in [0.1, 0.15) is 18.1 Å². The number of nitro groups is 1. The predicted molar refractivity (Wildman–Crippen MR) is 96.7 cm³/mol. The van der Waals surface area contributed by atoms with E-state index < -0.39 is 10.8 Å². The Morgan fingerprint density at radius 3 is 2.73 bits per heavy atom. The van der Waals surface area contributed by atoms with E-state index >= 15 is 0 Å². The number of hydrogen-bond acceptors (Lipinski definition) is 6. The molecule has 0 saturated carbocycles. The van der Waals surface area contributed by atoms with Crippen LogP contribution in [0.3, 0.4) is 0 Å². The largest absolute Gasteiger partial charge is 0.493 e. The summed E-state index contributed by atoms with van der Waals surface area (Å²) in [6, 6.07) is 11.3. The number of para-hydroxylation sites is 1. The van der Waals surface area contributed by atoms with Crippen LogP contribution in [0, 0.1) is 10.1 Å². The average molecular weight is 357 g/mol. The first-order chi connectivity index (χ1) is 12.5. The summed E-state index contributed by atoms with van der Waals surface area (Å²) in [7, 11) is 1.55. The van der Waals surface area contributed by atoms with E-state index in [4.69, 9.17) is 9.47 Å². The Morgan fingerprint density at radius 2 is 2.04 bits per heavy atom. The van der Waals surface area contributed by atoms with Gasteiger partial charge in [0.1, 0.15) is 0 Å². The molecule has 0 unspecified atom stereocenters. The number of hydrazone groups is 1.